The quantitative estimate of drug-likeness (QED) is 0.820. The minimum absolute atomic E-state index is 0.237. The maximum Gasteiger partial charge on any atom is 0.173 e. The summed E-state index contributed by atoms with van der Waals surface area (Å²) in [6.07, 6.45) is 0. The first kappa shape index (κ1) is 12.4. The Morgan fingerprint density at radius 3 is 2.33 bits per heavy atom. The van der Waals surface area contributed by atoms with E-state index in [2.05, 4.69) is 6.07 Å². The Hall–Kier alpha value is -2.03. The summed E-state index contributed by atoms with van der Waals surface area (Å²) in [5.74, 6) is -0.141. The fourth-order valence-electron chi connectivity index (χ4n) is 1.75. The Morgan fingerprint density at radius 1 is 1.11 bits per heavy atom. The SMILES string of the molecule is COc1cc[c]c(-c2ccc(N(C)C)cc2)c1F. The molecule has 0 aliphatic heterocycles. The third kappa shape index (κ3) is 2.30. The van der Waals surface area contributed by atoms with E-state index in [0.717, 1.165) is 11.3 Å². The number of hydrogen-bond donors (Lipinski definition) is 0. The predicted octanol–water partition coefficient (Wildman–Crippen LogP) is 3.37. The molecule has 2 aromatic rings. The number of rotatable bonds is 3. The first-order valence-electron chi connectivity index (χ1n) is 5.65. The van der Waals surface area contributed by atoms with Gasteiger partial charge < -0.3 is 9.64 Å². The minimum atomic E-state index is -0.377. The highest BCUT2D eigenvalue weighted by Crippen LogP contribution is 2.29. The largest absolute Gasteiger partial charge is 0.494 e. The van der Waals surface area contributed by atoms with E-state index in [1.807, 2.05) is 43.3 Å². The van der Waals surface area contributed by atoms with E-state index in [-0.39, 0.29) is 11.6 Å². The standard InChI is InChI=1S/C15H15FNO/c1-17(2)12-9-7-11(8-10-12)13-5-4-6-14(18-3)15(13)16/h4,6-10H,1-3H3. The second-order valence-corrected chi connectivity index (χ2v) is 4.18. The van der Waals surface area contributed by atoms with Crippen molar-refractivity contribution < 1.29 is 9.13 Å². The molecule has 3 heteroatoms. The molecule has 0 atom stereocenters. The van der Waals surface area contributed by atoms with Crippen molar-refractivity contribution in [2.45, 2.75) is 0 Å². The van der Waals surface area contributed by atoms with Gasteiger partial charge in [-0.25, -0.2) is 4.39 Å². The second kappa shape index (κ2) is 5.08. The van der Waals surface area contributed by atoms with Gasteiger partial charge in [-0.05, 0) is 35.9 Å². The fourth-order valence-corrected chi connectivity index (χ4v) is 1.75. The van der Waals surface area contributed by atoms with Crippen LogP contribution in [-0.2, 0) is 0 Å². The van der Waals surface area contributed by atoms with Crippen LogP contribution in [0.5, 0.6) is 5.75 Å². The summed E-state index contributed by atoms with van der Waals surface area (Å²) in [7, 11) is 5.39. The van der Waals surface area contributed by atoms with Crippen molar-refractivity contribution in [3.05, 3.63) is 48.3 Å². The van der Waals surface area contributed by atoms with Crippen molar-refractivity contribution in [1.82, 2.24) is 0 Å². The van der Waals surface area contributed by atoms with Gasteiger partial charge in [0.25, 0.3) is 0 Å². The van der Waals surface area contributed by atoms with Gasteiger partial charge in [0.05, 0.1) is 7.11 Å². The average molecular weight is 244 g/mol. The van der Waals surface area contributed by atoms with Gasteiger partial charge in [-0.15, -0.1) is 0 Å². The highest BCUT2D eigenvalue weighted by Gasteiger charge is 2.10. The summed E-state index contributed by atoms with van der Waals surface area (Å²) >= 11 is 0. The number of ether oxygens (including phenoxy) is 1. The highest BCUT2D eigenvalue weighted by molar-refractivity contribution is 5.67. The molecule has 0 saturated carbocycles. The lowest BCUT2D eigenvalue weighted by Gasteiger charge is -2.13. The maximum atomic E-state index is 14.1. The molecule has 0 aliphatic carbocycles. The van der Waals surface area contributed by atoms with Crippen LogP contribution in [0.15, 0.2) is 36.4 Å². The second-order valence-electron chi connectivity index (χ2n) is 4.18. The molecule has 0 spiro atoms. The van der Waals surface area contributed by atoms with Crippen molar-refractivity contribution in [3.8, 4) is 16.9 Å². The Kier molecular flexibility index (Phi) is 3.51. The monoisotopic (exact) mass is 244 g/mol. The van der Waals surface area contributed by atoms with E-state index in [0.29, 0.717) is 5.56 Å². The summed E-state index contributed by atoms with van der Waals surface area (Å²) in [5.41, 5.74) is 2.29. The van der Waals surface area contributed by atoms with Crippen LogP contribution in [0.3, 0.4) is 0 Å². The summed E-state index contributed by atoms with van der Waals surface area (Å²) < 4.78 is 19.0. The van der Waals surface area contributed by atoms with Crippen molar-refractivity contribution in [3.63, 3.8) is 0 Å². The van der Waals surface area contributed by atoms with Gasteiger partial charge in [0.1, 0.15) is 0 Å². The van der Waals surface area contributed by atoms with Gasteiger partial charge in [-0.2, -0.15) is 0 Å². The fraction of sp³-hybridized carbons (Fsp3) is 0.200. The molecule has 2 aromatic carbocycles. The zero-order valence-electron chi connectivity index (χ0n) is 10.7. The summed E-state index contributed by atoms with van der Waals surface area (Å²) in [4.78, 5) is 2.00. The Bertz CT molecular complexity index is 535. The average Bonchev–Trinajstić information content (AvgIpc) is 2.39. The van der Waals surface area contributed by atoms with Crippen LogP contribution < -0.4 is 9.64 Å². The van der Waals surface area contributed by atoms with E-state index in [4.69, 9.17) is 4.74 Å². The molecular formula is C15H15FNO. The summed E-state index contributed by atoms with van der Waals surface area (Å²) in [6.45, 7) is 0. The van der Waals surface area contributed by atoms with Crippen LogP contribution in [-0.4, -0.2) is 21.2 Å². The number of nitrogens with zero attached hydrogens (tertiary/aromatic N) is 1. The first-order valence-corrected chi connectivity index (χ1v) is 5.65. The molecule has 0 amide bonds. The Morgan fingerprint density at radius 2 is 1.78 bits per heavy atom. The molecule has 0 saturated heterocycles. The molecule has 0 aliphatic rings. The molecule has 0 aromatic heterocycles. The Balaban J connectivity index is 2.43. The first-order chi connectivity index (χ1) is 8.63. The van der Waals surface area contributed by atoms with Crippen molar-refractivity contribution >= 4 is 5.69 Å². The van der Waals surface area contributed by atoms with E-state index in [9.17, 15) is 4.39 Å². The van der Waals surface area contributed by atoms with Gasteiger partial charge in [-0.1, -0.05) is 12.1 Å². The van der Waals surface area contributed by atoms with Crippen LogP contribution in [0, 0.1) is 11.9 Å². The molecule has 0 heterocycles. The normalized spacial score (nSPS) is 10.2. The predicted molar refractivity (Wildman–Crippen MR) is 71.6 cm³/mol. The zero-order chi connectivity index (χ0) is 13.1. The molecule has 2 rings (SSSR count). The minimum Gasteiger partial charge on any atom is -0.494 e. The van der Waals surface area contributed by atoms with Crippen molar-refractivity contribution in [1.29, 1.82) is 0 Å². The lowest BCUT2D eigenvalue weighted by atomic mass is 10.0. The molecule has 0 unspecified atom stereocenters. The van der Waals surface area contributed by atoms with Crippen molar-refractivity contribution in [2.75, 3.05) is 26.1 Å². The number of methoxy groups -OCH3 is 1. The molecule has 18 heavy (non-hydrogen) atoms. The van der Waals surface area contributed by atoms with Gasteiger partial charge in [0.2, 0.25) is 0 Å². The number of benzene rings is 2. The van der Waals surface area contributed by atoms with Crippen LogP contribution in [0.25, 0.3) is 11.1 Å². The topological polar surface area (TPSA) is 12.5 Å². The zero-order valence-corrected chi connectivity index (χ0v) is 10.7. The smallest absolute Gasteiger partial charge is 0.173 e. The van der Waals surface area contributed by atoms with Gasteiger partial charge in [-0.3, -0.25) is 0 Å². The van der Waals surface area contributed by atoms with E-state index < -0.39 is 0 Å². The van der Waals surface area contributed by atoms with Gasteiger partial charge in [0.15, 0.2) is 11.6 Å². The molecule has 0 bridgehead atoms. The Labute approximate surface area is 107 Å². The molecular weight excluding hydrogens is 229 g/mol. The van der Waals surface area contributed by atoms with Crippen LogP contribution in [0.1, 0.15) is 0 Å². The van der Waals surface area contributed by atoms with Gasteiger partial charge in [0, 0.05) is 25.3 Å². The molecule has 2 nitrogen and oxygen atoms in total. The van der Waals surface area contributed by atoms with E-state index in [1.165, 1.54) is 7.11 Å². The number of halogens is 1. The molecule has 93 valence electrons. The van der Waals surface area contributed by atoms with Crippen molar-refractivity contribution in [2.24, 2.45) is 0 Å². The van der Waals surface area contributed by atoms with E-state index in [1.54, 1.807) is 12.1 Å². The number of hydrogen-bond acceptors (Lipinski definition) is 2. The van der Waals surface area contributed by atoms with E-state index >= 15 is 0 Å². The lowest BCUT2D eigenvalue weighted by Crippen LogP contribution is -2.07. The molecule has 1 radical (unpaired) electrons. The molecule has 0 fully saturated rings. The van der Waals surface area contributed by atoms with Crippen LogP contribution in [0.4, 0.5) is 10.1 Å². The van der Waals surface area contributed by atoms with Gasteiger partial charge >= 0.3 is 0 Å². The molecule has 0 N–H and O–H groups in total. The van der Waals surface area contributed by atoms with Crippen LogP contribution in [0.2, 0.25) is 0 Å². The van der Waals surface area contributed by atoms with Crippen LogP contribution >= 0.6 is 0 Å². The summed E-state index contributed by atoms with van der Waals surface area (Å²) in [6, 6.07) is 13.8. The maximum absolute atomic E-state index is 14.1. The number of anilines is 1. The third-order valence-electron chi connectivity index (χ3n) is 2.79. The summed E-state index contributed by atoms with van der Waals surface area (Å²) in [5, 5.41) is 0. The third-order valence-corrected chi connectivity index (χ3v) is 2.79. The highest BCUT2D eigenvalue weighted by atomic mass is 19.1. The lowest BCUT2D eigenvalue weighted by molar-refractivity contribution is 0.387.